The lowest BCUT2D eigenvalue weighted by Crippen LogP contribution is -2.38. The first kappa shape index (κ1) is 27.5. The number of fused-ring (bicyclic) bond motifs is 4. The van der Waals surface area contributed by atoms with E-state index in [1.165, 1.54) is 67.5 Å². The molecule has 0 radical (unpaired) electrons. The molecule has 0 bridgehead atoms. The van der Waals surface area contributed by atoms with Crippen molar-refractivity contribution in [2.75, 3.05) is 9.80 Å². The second-order valence-electron chi connectivity index (χ2n) is 14.5. The zero-order chi connectivity index (χ0) is 30.3. The largest absolute Gasteiger partial charge is 0.310 e. The molecule has 0 atom stereocenters. The maximum atomic E-state index is 2.53. The first-order valence-electron chi connectivity index (χ1n) is 15.5. The minimum absolute atomic E-state index is 0.0762. The van der Waals surface area contributed by atoms with Crippen LogP contribution in [0.5, 0.6) is 0 Å². The molecule has 0 N–H and O–H groups in total. The lowest BCUT2D eigenvalue weighted by Gasteiger charge is -2.49. The molecule has 0 unspecified atom stereocenters. The van der Waals surface area contributed by atoms with E-state index in [1.807, 2.05) is 0 Å². The van der Waals surface area contributed by atoms with E-state index in [-0.39, 0.29) is 16.2 Å². The van der Waals surface area contributed by atoms with Crippen LogP contribution in [0.15, 0.2) is 109 Å². The quantitative estimate of drug-likeness (QED) is 0.216. The van der Waals surface area contributed by atoms with Crippen molar-refractivity contribution < 1.29 is 0 Å². The highest BCUT2D eigenvalue weighted by Gasteiger charge is 2.45. The van der Waals surface area contributed by atoms with Gasteiger partial charge in [0, 0.05) is 27.9 Å². The van der Waals surface area contributed by atoms with Crippen molar-refractivity contribution in [2.24, 2.45) is 0 Å². The third kappa shape index (κ3) is 4.14. The van der Waals surface area contributed by atoms with Gasteiger partial charge in [-0.2, -0.15) is 0 Å². The van der Waals surface area contributed by atoms with Crippen molar-refractivity contribution in [3.8, 4) is 0 Å². The average Bonchev–Trinajstić information content (AvgIpc) is 2.97. The molecule has 2 aliphatic heterocycles. The molecule has 0 aromatic heterocycles. The molecule has 0 saturated heterocycles. The molecule has 0 saturated carbocycles. The normalized spacial score (nSPS) is 15.8. The molecule has 2 aliphatic rings. The molecule has 5 aromatic rings. The highest BCUT2D eigenvalue weighted by atomic mass is 15.2. The summed E-state index contributed by atoms with van der Waals surface area (Å²) in [6, 6.07) is 40.9. The Morgan fingerprint density at radius 1 is 0.535 bits per heavy atom. The fraction of sp³-hybridized carbons (Fsp3) is 0.268. The van der Waals surface area contributed by atoms with Gasteiger partial charge in [-0.1, -0.05) is 109 Å². The van der Waals surface area contributed by atoms with Crippen LogP contribution in [0.3, 0.4) is 0 Å². The SMILES string of the molecule is Cc1cccc(N(c2ccc(C(C)(C)C)cc2)c2ccc3c(c2)C(C)(C)c2cccc4c2N3c2ccccc2C4(C)C)c1. The second-order valence-corrected chi connectivity index (χ2v) is 14.5. The highest BCUT2D eigenvalue weighted by molar-refractivity contribution is 5.93. The zero-order valence-corrected chi connectivity index (χ0v) is 26.8. The Labute approximate surface area is 257 Å². The van der Waals surface area contributed by atoms with E-state index >= 15 is 0 Å². The Hall–Kier alpha value is -4.30. The molecule has 7 rings (SSSR count). The van der Waals surface area contributed by atoms with Gasteiger partial charge >= 0.3 is 0 Å². The van der Waals surface area contributed by atoms with Gasteiger partial charge in [-0.15, -0.1) is 0 Å². The van der Waals surface area contributed by atoms with Crippen LogP contribution < -0.4 is 9.80 Å². The summed E-state index contributed by atoms with van der Waals surface area (Å²) < 4.78 is 0. The minimum atomic E-state index is -0.177. The predicted molar refractivity (Wildman–Crippen MR) is 184 cm³/mol. The number of hydrogen-bond donors (Lipinski definition) is 0. The topological polar surface area (TPSA) is 6.48 Å². The Kier molecular flexibility index (Phi) is 5.98. The monoisotopic (exact) mass is 562 g/mol. The number of aryl methyl sites for hydroxylation is 1. The van der Waals surface area contributed by atoms with Crippen LogP contribution in [0, 0.1) is 6.92 Å². The molecular weight excluding hydrogens is 520 g/mol. The van der Waals surface area contributed by atoms with E-state index < -0.39 is 0 Å². The van der Waals surface area contributed by atoms with Crippen molar-refractivity contribution >= 4 is 34.1 Å². The average molecular weight is 563 g/mol. The summed E-state index contributed by atoms with van der Waals surface area (Å²) >= 11 is 0. The van der Waals surface area contributed by atoms with Gasteiger partial charge in [-0.05, 0) is 94.3 Å². The Balaban J connectivity index is 1.45. The molecule has 2 heteroatoms. The van der Waals surface area contributed by atoms with Crippen molar-refractivity contribution in [3.63, 3.8) is 0 Å². The van der Waals surface area contributed by atoms with Crippen molar-refractivity contribution in [2.45, 2.75) is 71.6 Å². The van der Waals surface area contributed by atoms with Crippen LogP contribution >= 0.6 is 0 Å². The standard InChI is InChI=1S/C41H42N2/c1-27-13-11-14-30(25-27)42(29-21-19-28(20-22-29)39(2,3)4)31-23-24-37-35(26-31)41(7,8)34-17-12-16-33-38(34)43(37)36-18-10-9-15-32(36)40(33,5)6/h9-26H,1-8H3. The van der Waals surface area contributed by atoms with Crippen molar-refractivity contribution in [3.05, 3.63) is 143 Å². The van der Waals surface area contributed by atoms with Crippen LogP contribution in [0.25, 0.3) is 0 Å². The van der Waals surface area contributed by atoms with E-state index in [0.29, 0.717) is 0 Å². The Morgan fingerprint density at radius 3 is 1.77 bits per heavy atom. The number of rotatable bonds is 3. The molecule has 43 heavy (non-hydrogen) atoms. The van der Waals surface area contributed by atoms with Gasteiger partial charge in [0.05, 0.1) is 17.1 Å². The number of nitrogens with zero attached hydrogens (tertiary/aromatic N) is 2. The van der Waals surface area contributed by atoms with E-state index in [4.69, 9.17) is 0 Å². The summed E-state index contributed by atoms with van der Waals surface area (Å²) in [5.41, 5.74) is 15.3. The molecule has 0 fully saturated rings. The number of hydrogen-bond acceptors (Lipinski definition) is 2. The third-order valence-corrected chi connectivity index (χ3v) is 9.83. The van der Waals surface area contributed by atoms with Crippen LogP contribution in [0.4, 0.5) is 34.1 Å². The fourth-order valence-electron chi connectivity index (χ4n) is 7.33. The van der Waals surface area contributed by atoms with Gasteiger partial charge in [-0.25, -0.2) is 0 Å². The first-order chi connectivity index (χ1) is 20.4. The van der Waals surface area contributed by atoms with Crippen LogP contribution in [0.2, 0.25) is 0 Å². The zero-order valence-electron chi connectivity index (χ0n) is 26.8. The van der Waals surface area contributed by atoms with Gasteiger partial charge < -0.3 is 9.80 Å². The summed E-state index contributed by atoms with van der Waals surface area (Å²) in [6.07, 6.45) is 0. The van der Waals surface area contributed by atoms with E-state index in [0.717, 1.165) is 0 Å². The highest BCUT2D eigenvalue weighted by Crippen LogP contribution is 2.60. The second kappa shape index (κ2) is 9.35. The number of anilines is 6. The fourth-order valence-corrected chi connectivity index (χ4v) is 7.33. The molecule has 2 nitrogen and oxygen atoms in total. The van der Waals surface area contributed by atoms with Crippen LogP contribution in [-0.4, -0.2) is 0 Å². The van der Waals surface area contributed by atoms with E-state index in [1.54, 1.807) is 0 Å². The predicted octanol–water partition coefficient (Wildman–Crippen LogP) is 11.5. The molecule has 0 amide bonds. The lowest BCUT2D eigenvalue weighted by atomic mass is 9.66. The number of para-hydroxylation sites is 2. The van der Waals surface area contributed by atoms with E-state index in [2.05, 4.69) is 174 Å². The number of benzene rings is 5. The van der Waals surface area contributed by atoms with E-state index in [9.17, 15) is 0 Å². The van der Waals surface area contributed by atoms with Crippen LogP contribution in [-0.2, 0) is 16.2 Å². The maximum absolute atomic E-state index is 2.53. The molecule has 2 heterocycles. The van der Waals surface area contributed by atoms with Gasteiger partial charge in [0.2, 0.25) is 0 Å². The van der Waals surface area contributed by atoms with Gasteiger partial charge in [0.25, 0.3) is 0 Å². The third-order valence-electron chi connectivity index (χ3n) is 9.83. The molecule has 216 valence electrons. The molecule has 0 aliphatic carbocycles. The summed E-state index contributed by atoms with van der Waals surface area (Å²) in [5, 5.41) is 0. The smallest absolute Gasteiger partial charge is 0.0543 e. The first-order valence-corrected chi connectivity index (χ1v) is 15.5. The summed E-state index contributed by atoms with van der Waals surface area (Å²) in [4.78, 5) is 4.94. The van der Waals surface area contributed by atoms with Gasteiger partial charge in [0.15, 0.2) is 0 Å². The molecular formula is C41H42N2. The molecule has 5 aromatic carbocycles. The van der Waals surface area contributed by atoms with Crippen molar-refractivity contribution in [1.29, 1.82) is 0 Å². The minimum Gasteiger partial charge on any atom is -0.310 e. The van der Waals surface area contributed by atoms with Crippen molar-refractivity contribution in [1.82, 2.24) is 0 Å². The summed E-state index contributed by atoms with van der Waals surface area (Å²) in [7, 11) is 0. The van der Waals surface area contributed by atoms with Gasteiger partial charge in [-0.3, -0.25) is 0 Å². The Bertz CT molecular complexity index is 1870. The van der Waals surface area contributed by atoms with Gasteiger partial charge in [0.1, 0.15) is 0 Å². The Morgan fingerprint density at radius 2 is 1.09 bits per heavy atom. The lowest BCUT2D eigenvalue weighted by molar-refractivity contribution is 0.590. The van der Waals surface area contributed by atoms with Crippen LogP contribution in [0.1, 0.15) is 81.8 Å². The summed E-state index contributed by atoms with van der Waals surface area (Å²) in [6.45, 7) is 18.5. The molecule has 0 spiro atoms. The summed E-state index contributed by atoms with van der Waals surface area (Å²) in [5.74, 6) is 0. The maximum Gasteiger partial charge on any atom is 0.0543 e.